The number of benzene rings is 2. The van der Waals surface area contributed by atoms with E-state index in [2.05, 4.69) is 15.5 Å². The molecule has 0 bridgehead atoms. The first-order chi connectivity index (χ1) is 13.0. The van der Waals surface area contributed by atoms with E-state index in [1.807, 2.05) is 12.1 Å². The van der Waals surface area contributed by atoms with Crippen LogP contribution in [-0.2, 0) is 11.3 Å². The van der Waals surface area contributed by atoms with Crippen molar-refractivity contribution < 1.29 is 14.3 Å². The smallest absolute Gasteiger partial charge is 0.244 e. The van der Waals surface area contributed by atoms with Gasteiger partial charge in [-0.25, -0.2) is 0 Å². The van der Waals surface area contributed by atoms with Crippen LogP contribution in [0.25, 0.3) is 11.4 Å². The molecule has 1 aromatic heterocycles. The maximum Gasteiger partial charge on any atom is 0.244 e. The Morgan fingerprint density at radius 1 is 1.22 bits per heavy atom. The summed E-state index contributed by atoms with van der Waals surface area (Å²) in [6, 6.07) is 12.3. The molecule has 1 amide bonds. The van der Waals surface area contributed by atoms with E-state index in [-0.39, 0.29) is 12.5 Å². The van der Waals surface area contributed by atoms with Crippen molar-refractivity contribution in [2.75, 3.05) is 19.5 Å². The SMILES string of the molecule is COc1ccc(NC(=O)Cn2c(-c3ccc(Cl)cc3)n[nH]c2=S)c(OC)c1. The lowest BCUT2D eigenvalue weighted by Gasteiger charge is -2.12. The third-order valence-electron chi connectivity index (χ3n) is 3.85. The van der Waals surface area contributed by atoms with Crippen molar-refractivity contribution in [3.8, 4) is 22.9 Å². The molecule has 0 aliphatic carbocycles. The largest absolute Gasteiger partial charge is 0.497 e. The number of H-pyrrole nitrogens is 1. The zero-order valence-corrected chi connectivity index (χ0v) is 16.2. The number of aromatic amines is 1. The number of ether oxygens (including phenoxy) is 2. The van der Waals surface area contributed by atoms with E-state index in [0.717, 1.165) is 5.56 Å². The molecule has 2 aromatic carbocycles. The predicted molar refractivity (Wildman–Crippen MR) is 106 cm³/mol. The number of aromatic nitrogens is 3. The minimum atomic E-state index is -0.272. The molecule has 27 heavy (non-hydrogen) atoms. The quantitative estimate of drug-likeness (QED) is 0.608. The van der Waals surface area contributed by atoms with Crippen LogP contribution in [0.3, 0.4) is 0 Å². The van der Waals surface area contributed by atoms with Gasteiger partial charge in [-0.15, -0.1) is 0 Å². The highest BCUT2D eigenvalue weighted by atomic mass is 35.5. The number of carbonyl (C=O) groups is 1. The maximum atomic E-state index is 12.6. The van der Waals surface area contributed by atoms with Crippen LogP contribution in [0.1, 0.15) is 0 Å². The summed E-state index contributed by atoms with van der Waals surface area (Å²) in [5.74, 6) is 1.41. The normalized spacial score (nSPS) is 10.5. The van der Waals surface area contributed by atoms with Crippen LogP contribution in [0, 0.1) is 4.77 Å². The average molecular weight is 405 g/mol. The van der Waals surface area contributed by atoms with Crippen LogP contribution < -0.4 is 14.8 Å². The molecule has 0 fully saturated rings. The van der Waals surface area contributed by atoms with Crippen molar-refractivity contribution in [3.63, 3.8) is 0 Å². The zero-order chi connectivity index (χ0) is 19.4. The molecule has 0 spiro atoms. The van der Waals surface area contributed by atoms with Gasteiger partial charge in [-0.05, 0) is 48.6 Å². The fraction of sp³-hybridized carbons (Fsp3) is 0.167. The molecule has 9 heteroatoms. The van der Waals surface area contributed by atoms with Gasteiger partial charge in [0.2, 0.25) is 5.91 Å². The van der Waals surface area contributed by atoms with Gasteiger partial charge in [0.1, 0.15) is 18.0 Å². The molecule has 2 N–H and O–H groups in total. The van der Waals surface area contributed by atoms with E-state index in [4.69, 9.17) is 33.3 Å². The highest BCUT2D eigenvalue weighted by molar-refractivity contribution is 7.71. The van der Waals surface area contributed by atoms with Crippen molar-refractivity contribution in [1.82, 2.24) is 14.8 Å². The van der Waals surface area contributed by atoms with Crippen molar-refractivity contribution in [1.29, 1.82) is 0 Å². The summed E-state index contributed by atoms with van der Waals surface area (Å²) in [5, 5.41) is 10.4. The number of carbonyl (C=O) groups excluding carboxylic acids is 1. The van der Waals surface area contributed by atoms with Crippen molar-refractivity contribution in [3.05, 3.63) is 52.3 Å². The molecule has 0 unspecified atom stereocenters. The van der Waals surface area contributed by atoms with Gasteiger partial charge in [0.05, 0.1) is 19.9 Å². The van der Waals surface area contributed by atoms with Crippen molar-refractivity contribution >= 4 is 35.4 Å². The Morgan fingerprint density at radius 2 is 1.96 bits per heavy atom. The van der Waals surface area contributed by atoms with E-state index >= 15 is 0 Å². The summed E-state index contributed by atoms with van der Waals surface area (Å²) in [7, 11) is 3.08. The van der Waals surface area contributed by atoms with Gasteiger partial charge >= 0.3 is 0 Å². The highest BCUT2D eigenvalue weighted by Gasteiger charge is 2.14. The maximum absolute atomic E-state index is 12.6. The Kier molecular flexibility index (Phi) is 5.78. The molecule has 3 aromatic rings. The summed E-state index contributed by atoms with van der Waals surface area (Å²) in [6.45, 7) is -0.0114. The second-order valence-electron chi connectivity index (χ2n) is 5.56. The van der Waals surface area contributed by atoms with Crippen molar-refractivity contribution in [2.45, 2.75) is 6.54 Å². The molecule has 7 nitrogen and oxygen atoms in total. The second-order valence-corrected chi connectivity index (χ2v) is 6.38. The summed E-state index contributed by atoms with van der Waals surface area (Å²) in [4.78, 5) is 12.6. The Labute approximate surface area is 165 Å². The molecule has 0 saturated carbocycles. The first kappa shape index (κ1) is 18.9. The highest BCUT2D eigenvalue weighted by Crippen LogP contribution is 2.29. The number of nitrogens with one attached hydrogen (secondary N) is 2. The first-order valence-electron chi connectivity index (χ1n) is 7.95. The van der Waals surface area contributed by atoms with Gasteiger partial charge in [-0.2, -0.15) is 5.10 Å². The molecule has 0 radical (unpaired) electrons. The van der Waals surface area contributed by atoms with Crippen LogP contribution in [0.5, 0.6) is 11.5 Å². The van der Waals surface area contributed by atoms with E-state index in [9.17, 15) is 4.79 Å². The number of hydrogen-bond acceptors (Lipinski definition) is 5. The van der Waals surface area contributed by atoms with Crippen molar-refractivity contribution in [2.24, 2.45) is 0 Å². The lowest BCUT2D eigenvalue weighted by molar-refractivity contribution is -0.116. The van der Waals surface area contributed by atoms with Gasteiger partial charge in [0.15, 0.2) is 10.6 Å². The average Bonchev–Trinajstić information content (AvgIpc) is 3.03. The number of rotatable bonds is 6. The van der Waals surface area contributed by atoms with Crippen LogP contribution >= 0.6 is 23.8 Å². The summed E-state index contributed by atoms with van der Waals surface area (Å²) in [6.07, 6.45) is 0. The molecular formula is C18H17ClN4O3S. The third kappa shape index (κ3) is 4.29. The van der Waals surface area contributed by atoms with E-state index in [0.29, 0.717) is 32.8 Å². The standard InChI is InChI=1S/C18H17ClN4O3S/c1-25-13-7-8-14(15(9-13)26-2)20-16(24)10-23-17(21-22-18(23)27)11-3-5-12(19)6-4-11/h3-9H,10H2,1-2H3,(H,20,24)(H,22,27). The Morgan fingerprint density at radius 3 is 2.63 bits per heavy atom. The van der Waals surface area contributed by atoms with Crippen LogP contribution in [0.2, 0.25) is 5.02 Å². The summed E-state index contributed by atoms with van der Waals surface area (Å²) in [5.41, 5.74) is 1.33. The van der Waals surface area contributed by atoms with E-state index < -0.39 is 0 Å². The topological polar surface area (TPSA) is 81.2 Å². The summed E-state index contributed by atoms with van der Waals surface area (Å²) >= 11 is 11.2. The molecule has 140 valence electrons. The van der Waals surface area contributed by atoms with Gasteiger partial charge in [0.25, 0.3) is 0 Å². The minimum absolute atomic E-state index is 0.0114. The van der Waals surface area contributed by atoms with Gasteiger partial charge < -0.3 is 14.8 Å². The van der Waals surface area contributed by atoms with E-state index in [1.54, 1.807) is 42.0 Å². The molecule has 1 heterocycles. The van der Waals surface area contributed by atoms with Gasteiger partial charge in [-0.1, -0.05) is 11.6 Å². The fourth-order valence-electron chi connectivity index (χ4n) is 2.52. The lowest BCUT2D eigenvalue weighted by Crippen LogP contribution is -2.20. The van der Waals surface area contributed by atoms with Gasteiger partial charge in [-0.3, -0.25) is 14.5 Å². The van der Waals surface area contributed by atoms with Crippen LogP contribution in [0.4, 0.5) is 5.69 Å². The number of amides is 1. The zero-order valence-electron chi connectivity index (χ0n) is 14.7. The van der Waals surface area contributed by atoms with E-state index in [1.165, 1.54) is 7.11 Å². The second kappa shape index (κ2) is 8.24. The number of anilines is 1. The Bertz CT molecular complexity index is 1010. The first-order valence-corrected chi connectivity index (χ1v) is 8.73. The molecule has 3 rings (SSSR count). The fourth-order valence-corrected chi connectivity index (χ4v) is 2.84. The minimum Gasteiger partial charge on any atom is -0.497 e. The number of hydrogen-bond donors (Lipinski definition) is 2. The summed E-state index contributed by atoms with van der Waals surface area (Å²) < 4.78 is 12.4. The lowest BCUT2D eigenvalue weighted by atomic mass is 10.2. The van der Waals surface area contributed by atoms with Gasteiger partial charge in [0, 0.05) is 16.7 Å². The Hall–Kier alpha value is -2.84. The molecule has 0 saturated heterocycles. The van der Waals surface area contributed by atoms with Crippen LogP contribution in [-0.4, -0.2) is 34.9 Å². The third-order valence-corrected chi connectivity index (χ3v) is 4.41. The Balaban J connectivity index is 1.82. The molecular weight excluding hydrogens is 388 g/mol. The molecule has 0 aliphatic rings. The predicted octanol–water partition coefficient (Wildman–Crippen LogP) is 3.92. The number of nitrogens with zero attached hydrogens (tertiary/aromatic N) is 2. The number of methoxy groups -OCH3 is 2. The molecule has 0 aliphatic heterocycles. The molecule has 0 atom stereocenters. The monoisotopic (exact) mass is 404 g/mol. The van der Waals surface area contributed by atoms with Crippen LogP contribution in [0.15, 0.2) is 42.5 Å². The number of halogens is 1.